The molecular formula is C15H15N3S. The summed E-state index contributed by atoms with van der Waals surface area (Å²) in [5.41, 5.74) is 0.967. The first-order chi connectivity index (χ1) is 9.22. The molecule has 1 atom stereocenters. The summed E-state index contributed by atoms with van der Waals surface area (Å²) in [5, 5.41) is 4.41. The summed E-state index contributed by atoms with van der Waals surface area (Å²) in [4.78, 5) is 11.5. The molecule has 2 aromatic heterocycles. The van der Waals surface area contributed by atoms with Crippen molar-refractivity contribution in [1.82, 2.24) is 9.97 Å². The van der Waals surface area contributed by atoms with Gasteiger partial charge in [0.2, 0.25) is 5.95 Å². The maximum absolute atomic E-state index is 4.53. The number of rotatable bonds is 3. The van der Waals surface area contributed by atoms with E-state index in [4.69, 9.17) is 0 Å². The molecule has 0 aliphatic carbocycles. The highest BCUT2D eigenvalue weighted by Crippen LogP contribution is 2.25. The smallest absolute Gasteiger partial charge is 0.223 e. The molecule has 0 aliphatic rings. The molecule has 0 saturated carbocycles. The predicted octanol–water partition coefficient (Wildman–Crippen LogP) is 4.17. The lowest BCUT2D eigenvalue weighted by molar-refractivity contribution is 0.884. The molecule has 2 heterocycles. The molecule has 0 bridgehead atoms. The van der Waals surface area contributed by atoms with Crippen LogP contribution in [0.2, 0.25) is 0 Å². The number of hydrogen-bond donors (Lipinski definition) is 1. The van der Waals surface area contributed by atoms with E-state index in [0.29, 0.717) is 5.95 Å². The second kappa shape index (κ2) is 4.97. The average Bonchev–Trinajstić information content (AvgIpc) is 2.85. The van der Waals surface area contributed by atoms with Gasteiger partial charge < -0.3 is 5.32 Å². The predicted molar refractivity (Wildman–Crippen MR) is 80.6 cm³/mol. The van der Waals surface area contributed by atoms with Crippen LogP contribution in [0.4, 0.5) is 5.95 Å². The van der Waals surface area contributed by atoms with Gasteiger partial charge in [-0.3, -0.25) is 0 Å². The maximum Gasteiger partial charge on any atom is 0.223 e. The molecule has 19 heavy (non-hydrogen) atoms. The van der Waals surface area contributed by atoms with E-state index in [1.165, 1.54) is 9.75 Å². The first kappa shape index (κ1) is 12.1. The number of aryl methyl sites for hydroxylation is 1. The van der Waals surface area contributed by atoms with Crippen molar-refractivity contribution in [2.45, 2.75) is 19.9 Å². The fraction of sp³-hybridized carbons (Fsp3) is 0.200. The average molecular weight is 269 g/mol. The van der Waals surface area contributed by atoms with E-state index in [1.54, 1.807) is 11.3 Å². The Bertz CT molecular complexity index is 705. The SMILES string of the molecule is Cc1ccc(C(C)Nc2ncc3ccccc3n2)s1. The molecule has 0 radical (unpaired) electrons. The number of hydrogen-bond acceptors (Lipinski definition) is 4. The van der Waals surface area contributed by atoms with E-state index >= 15 is 0 Å². The molecule has 1 N–H and O–H groups in total. The fourth-order valence-electron chi connectivity index (χ4n) is 1.99. The third kappa shape index (κ3) is 2.58. The number of anilines is 1. The largest absolute Gasteiger partial charge is 0.347 e. The number of fused-ring (bicyclic) bond motifs is 1. The molecule has 3 nitrogen and oxygen atoms in total. The second-order valence-electron chi connectivity index (χ2n) is 4.57. The Balaban J connectivity index is 1.84. The van der Waals surface area contributed by atoms with Crippen molar-refractivity contribution in [2.75, 3.05) is 5.32 Å². The van der Waals surface area contributed by atoms with Crippen LogP contribution < -0.4 is 5.32 Å². The number of benzene rings is 1. The van der Waals surface area contributed by atoms with Gasteiger partial charge in [0.05, 0.1) is 11.6 Å². The minimum absolute atomic E-state index is 0.222. The van der Waals surface area contributed by atoms with E-state index in [0.717, 1.165) is 10.9 Å². The topological polar surface area (TPSA) is 37.8 Å². The molecule has 0 aliphatic heterocycles. The standard InChI is InChI=1S/C15H15N3S/c1-10-7-8-14(19-10)11(2)17-15-16-9-12-5-3-4-6-13(12)18-15/h3-9,11H,1-2H3,(H,16,17,18). The van der Waals surface area contributed by atoms with Crippen molar-refractivity contribution in [3.63, 3.8) is 0 Å². The van der Waals surface area contributed by atoms with Gasteiger partial charge in [-0.25, -0.2) is 9.97 Å². The molecule has 1 unspecified atom stereocenters. The number of thiophene rings is 1. The zero-order valence-corrected chi connectivity index (χ0v) is 11.7. The van der Waals surface area contributed by atoms with E-state index in [2.05, 4.69) is 41.3 Å². The summed E-state index contributed by atoms with van der Waals surface area (Å²) < 4.78 is 0. The minimum Gasteiger partial charge on any atom is -0.347 e. The second-order valence-corrected chi connectivity index (χ2v) is 5.89. The fourth-order valence-corrected chi connectivity index (χ4v) is 2.87. The van der Waals surface area contributed by atoms with E-state index in [9.17, 15) is 0 Å². The molecule has 96 valence electrons. The van der Waals surface area contributed by atoms with Crippen LogP contribution in [0.5, 0.6) is 0 Å². The Morgan fingerprint density at radius 1 is 1.16 bits per heavy atom. The summed E-state index contributed by atoms with van der Waals surface area (Å²) in [7, 11) is 0. The van der Waals surface area contributed by atoms with Gasteiger partial charge >= 0.3 is 0 Å². The molecule has 0 spiro atoms. The molecule has 3 aromatic rings. The summed E-state index contributed by atoms with van der Waals surface area (Å²) in [6.45, 7) is 4.25. The van der Waals surface area contributed by atoms with Gasteiger partial charge in [0.25, 0.3) is 0 Å². The lowest BCUT2D eigenvalue weighted by Crippen LogP contribution is -2.07. The van der Waals surface area contributed by atoms with Crippen molar-refractivity contribution in [3.8, 4) is 0 Å². The number of para-hydroxylation sites is 1. The van der Waals surface area contributed by atoms with Gasteiger partial charge in [0, 0.05) is 21.3 Å². The third-order valence-corrected chi connectivity index (χ3v) is 4.21. The summed E-state index contributed by atoms with van der Waals surface area (Å²) in [5.74, 6) is 0.678. The van der Waals surface area contributed by atoms with Gasteiger partial charge in [-0.2, -0.15) is 0 Å². The van der Waals surface area contributed by atoms with Crippen LogP contribution in [-0.4, -0.2) is 9.97 Å². The van der Waals surface area contributed by atoms with E-state index in [1.807, 2.05) is 30.5 Å². The van der Waals surface area contributed by atoms with Gasteiger partial charge in [0.15, 0.2) is 0 Å². The third-order valence-electron chi connectivity index (χ3n) is 3.02. The van der Waals surface area contributed by atoms with Crippen molar-refractivity contribution < 1.29 is 0 Å². The summed E-state index contributed by atoms with van der Waals surface area (Å²) >= 11 is 1.80. The minimum atomic E-state index is 0.222. The van der Waals surface area contributed by atoms with Crippen LogP contribution in [0.1, 0.15) is 22.7 Å². The maximum atomic E-state index is 4.53. The number of nitrogens with zero attached hydrogens (tertiary/aromatic N) is 2. The molecule has 0 saturated heterocycles. The molecule has 3 rings (SSSR count). The van der Waals surface area contributed by atoms with E-state index < -0.39 is 0 Å². The van der Waals surface area contributed by atoms with Crippen molar-refractivity contribution in [2.24, 2.45) is 0 Å². The number of nitrogens with one attached hydrogen (secondary N) is 1. The van der Waals surface area contributed by atoms with Gasteiger partial charge in [-0.1, -0.05) is 18.2 Å². The first-order valence-electron chi connectivity index (χ1n) is 6.27. The lowest BCUT2D eigenvalue weighted by Gasteiger charge is -2.12. The summed E-state index contributed by atoms with van der Waals surface area (Å²) in [6.07, 6.45) is 1.86. The van der Waals surface area contributed by atoms with Crippen LogP contribution in [-0.2, 0) is 0 Å². The van der Waals surface area contributed by atoms with Crippen LogP contribution >= 0.6 is 11.3 Å². The highest BCUT2D eigenvalue weighted by Gasteiger charge is 2.09. The first-order valence-corrected chi connectivity index (χ1v) is 7.09. The molecule has 4 heteroatoms. The van der Waals surface area contributed by atoms with Crippen molar-refractivity contribution in [1.29, 1.82) is 0 Å². The Labute approximate surface area is 116 Å². The van der Waals surface area contributed by atoms with Crippen LogP contribution in [0, 0.1) is 6.92 Å². The normalized spacial score (nSPS) is 12.5. The lowest BCUT2D eigenvalue weighted by atomic mass is 10.2. The Morgan fingerprint density at radius 3 is 2.79 bits per heavy atom. The van der Waals surface area contributed by atoms with E-state index in [-0.39, 0.29) is 6.04 Å². The van der Waals surface area contributed by atoms with Crippen molar-refractivity contribution >= 4 is 28.2 Å². The zero-order chi connectivity index (χ0) is 13.2. The van der Waals surface area contributed by atoms with Gasteiger partial charge in [0.1, 0.15) is 0 Å². The van der Waals surface area contributed by atoms with Crippen LogP contribution in [0.25, 0.3) is 10.9 Å². The molecule has 0 fully saturated rings. The molecule has 1 aromatic carbocycles. The van der Waals surface area contributed by atoms with Gasteiger partial charge in [-0.15, -0.1) is 11.3 Å². The highest BCUT2D eigenvalue weighted by atomic mass is 32.1. The zero-order valence-electron chi connectivity index (χ0n) is 10.9. The molecular weight excluding hydrogens is 254 g/mol. The molecule has 0 amide bonds. The quantitative estimate of drug-likeness (QED) is 0.775. The number of aromatic nitrogens is 2. The Morgan fingerprint density at radius 2 is 2.00 bits per heavy atom. The summed E-state index contributed by atoms with van der Waals surface area (Å²) in [6, 6.07) is 12.5. The monoisotopic (exact) mass is 269 g/mol. The van der Waals surface area contributed by atoms with Crippen LogP contribution in [0.3, 0.4) is 0 Å². The van der Waals surface area contributed by atoms with Crippen LogP contribution in [0.15, 0.2) is 42.6 Å². The Hall–Kier alpha value is -1.94. The van der Waals surface area contributed by atoms with Crippen molar-refractivity contribution in [3.05, 3.63) is 52.3 Å². The highest BCUT2D eigenvalue weighted by molar-refractivity contribution is 7.12. The Kier molecular flexibility index (Phi) is 3.17. The van der Waals surface area contributed by atoms with Gasteiger partial charge in [-0.05, 0) is 32.0 Å².